The van der Waals surface area contributed by atoms with E-state index in [1.54, 1.807) is 18.2 Å². The van der Waals surface area contributed by atoms with Gasteiger partial charge in [0, 0.05) is 18.1 Å². The third-order valence-electron chi connectivity index (χ3n) is 3.73. The van der Waals surface area contributed by atoms with Crippen LogP contribution in [0.25, 0.3) is 0 Å². The molecule has 1 aromatic rings. The Labute approximate surface area is 118 Å². The van der Waals surface area contributed by atoms with Crippen molar-refractivity contribution in [3.63, 3.8) is 0 Å². The molecule has 1 aromatic carbocycles. The lowest BCUT2D eigenvalue weighted by atomic mass is 9.90. The first kappa shape index (κ1) is 14.2. The summed E-state index contributed by atoms with van der Waals surface area (Å²) in [7, 11) is 1.54. The van der Waals surface area contributed by atoms with Gasteiger partial charge in [0.2, 0.25) is 0 Å². The highest BCUT2D eigenvalue weighted by atomic mass is 35.5. The molecule has 1 amide bonds. The van der Waals surface area contributed by atoms with Gasteiger partial charge >= 0.3 is 0 Å². The number of benzene rings is 1. The first-order chi connectivity index (χ1) is 8.99. The minimum Gasteiger partial charge on any atom is -0.496 e. The van der Waals surface area contributed by atoms with E-state index < -0.39 is 0 Å². The first-order valence-corrected chi connectivity index (χ1v) is 6.70. The summed E-state index contributed by atoms with van der Waals surface area (Å²) in [5.41, 5.74) is 6.34. The number of ether oxygens (including phenoxy) is 1. The molecule has 4 nitrogen and oxygen atoms in total. The van der Waals surface area contributed by atoms with Crippen LogP contribution in [0.3, 0.4) is 0 Å². The van der Waals surface area contributed by atoms with Crippen LogP contribution in [0.1, 0.15) is 23.7 Å². The zero-order chi connectivity index (χ0) is 14.0. The van der Waals surface area contributed by atoms with E-state index in [9.17, 15) is 4.79 Å². The smallest absolute Gasteiger partial charge is 0.257 e. The lowest BCUT2D eigenvalue weighted by Gasteiger charge is -2.23. The van der Waals surface area contributed by atoms with E-state index in [1.807, 2.05) is 4.90 Å². The van der Waals surface area contributed by atoms with Gasteiger partial charge < -0.3 is 15.4 Å². The van der Waals surface area contributed by atoms with Crippen molar-refractivity contribution in [3.8, 4) is 5.75 Å². The number of amides is 1. The molecule has 1 aliphatic heterocycles. The average Bonchev–Trinajstić information content (AvgIpc) is 2.81. The summed E-state index contributed by atoms with van der Waals surface area (Å²) in [5.74, 6) is 0.490. The van der Waals surface area contributed by atoms with Crippen LogP contribution in [-0.2, 0) is 0 Å². The Kier molecular flexibility index (Phi) is 4.02. The molecule has 0 aliphatic carbocycles. The zero-order valence-corrected chi connectivity index (χ0v) is 12.0. The Morgan fingerprint density at radius 1 is 1.58 bits per heavy atom. The van der Waals surface area contributed by atoms with Crippen LogP contribution in [0, 0.1) is 5.41 Å². The monoisotopic (exact) mass is 282 g/mol. The topological polar surface area (TPSA) is 55.6 Å². The van der Waals surface area contributed by atoms with Crippen LogP contribution in [-0.4, -0.2) is 37.6 Å². The molecular weight excluding hydrogens is 264 g/mol. The Hall–Kier alpha value is -1.26. The highest BCUT2D eigenvalue weighted by Gasteiger charge is 2.35. The molecule has 1 saturated heterocycles. The molecule has 1 heterocycles. The van der Waals surface area contributed by atoms with Crippen molar-refractivity contribution in [1.29, 1.82) is 0 Å². The normalized spacial score (nSPS) is 22.6. The van der Waals surface area contributed by atoms with Crippen LogP contribution in [0.4, 0.5) is 0 Å². The van der Waals surface area contributed by atoms with Crippen molar-refractivity contribution in [3.05, 3.63) is 28.8 Å². The molecule has 0 saturated carbocycles. The molecule has 0 spiro atoms. The summed E-state index contributed by atoms with van der Waals surface area (Å²) in [6.07, 6.45) is 0.936. The van der Waals surface area contributed by atoms with Crippen molar-refractivity contribution in [2.45, 2.75) is 13.3 Å². The SMILES string of the molecule is COc1cc(Cl)ccc1C(=O)N1CCC(C)(CN)C1. The number of nitrogens with zero attached hydrogens (tertiary/aromatic N) is 1. The largest absolute Gasteiger partial charge is 0.496 e. The number of hydrogen-bond acceptors (Lipinski definition) is 3. The van der Waals surface area contributed by atoms with E-state index in [-0.39, 0.29) is 11.3 Å². The number of halogens is 1. The molecule has 5 heteroatoms. The maximum absolute atomic E-state index is 12.5. The highest BCUT2D eigenvalue weighted by molar-refractivity contribution is 6.30. The third kappa shape index (κ3) is 2.85. The summed E-state index contributed by atoms with van der Waals surface area (Å²) in [6, 6.07) is 5.07. The predicted molar refractivity (Wildman–Crippen MR) is 75.7 cm³/mol. The zero-order valence-electron chi connectivity index (χ0n) is 11.3. The quantitative estimate of drug-likeness (QED) is 0.924. The van der Waals surface area contributed by atoms with Gasteiger partial charge in [0.1, 0.15) is 5.75 Å². The van der Waals surface area contributed by atoms with Gasteiger partial charge in [-0.3, -0.25) is 4.79 Å². The van der Waals surface area contributed by atoms with Crippen LogP contribution in [0.5, 0.6) is 5.75 Å². The maximum atomic E-state index is 12.5. The second-order valence-corrected chi connectivity index (χ2v) is 5.77. The Balaban J connectivity index is 2.21. The summed E-state index contributed by atoms with van der Waals surface area (Å²) < 4.78 is 5.23. The van der Waals surface area contributed by atoms with E-state index in [2.05, 4.69) is 6.92 Å². The first-order valence-electron chi connectivity index (χ1n) is 6.32. The fourth-order valence-electron chi connectivity index (χ4n) is 2.38. The molecule has 0 radical (unpaired) electrons. The van der Waals surface area contributed by atoms with Gasteiger partial charge in [0.25, 0.3) is 5.91 Å². The van der Waals surface area contributed by atoms with Crippen molar-refractivity contribution in [2.75, 3.05) is 26.7 Å². The lowest BCUT2D eigenvalue weighted by molar-refractivity contribution is 0.0773. The molecule has 1 unspecified atom stereocenters. The molecule has 104 valence electrons. The van der Waals surface area contributed by atoms with E-state index in [0.717, 1.165) is 13.0 Å². The molecule has 2 rings (SSSR count). The highest BCUT2D eigenvalue weighted by Crippen LogP contribution is 2.31. The van der Waals surface area contributed by atoms with E-state index in [4.69, 9.17) is 22.1 Å². The average molecular weight is 283 g/mol. The second-order valence-electron chi connectivity index (χ2n) is 5.34. The number of rotatable bonds is 3. The number of methoxy groups -OCH3 is 1. The van der Waals surface area contributed by atoms with Crippen molar-refractivity contribution < 1.29 is 9.53 Å². The molecular formula is C14H19ClN2O2. The molecule has 1 fully saturated rings. The van der Waals surface area contributed by atoms with Crippen molar-refractivity contribution in [2.24, 2.45) is 11.1 Å². The Morgan fingerprint density at radius 3 is 2.89 bits per heavy atom. The van der Waals surface area contributed by atoms with Crippen molar-refractivity contribution in [1.82, 2.24) is 4.90 Å². The minimum atomic E-state index is -0.0225. The Bertz CT molecular complexity index is 492. The van der Waals surface area contributed by atoms with Crippen LogP contribution >= 0.6 is 11.6 Å². The fraction of sp³-hybridized carbons (Fsp3) is 0.500. The summed E-state index contributed by atoms with van der Waals surface area (Å²) >= 11 is 5.91. The van der Waals surface area contributed by atoms with Gasteiger partial charge in [-0.25, -0.2) is 0 Å². The number of hydrogen-bond donors (Lipinski definition) is 1. The van der Waals surface area contributed by atoms with E-state index in [1.165, 1.54) is 7.11 Å². The maximum Gasteiger partial charge on any atom is 0.257 e. The van der Waals surface area contributed by atoms with Gasteiger partial charge in [-0.2, -0.15) is 0 Å². The Morgan fingerprint density at radius 2 is 2.32 bits per heavy atom. The van der Waals surface area contributed by atoms with E-state index >= 15 is 0 Å². The summed E-state index contributed by atoms with van der Waals surface area (Å²) in [5, 5.41) is 0.557. The molecule has 2 N–H and O–H groups in total. The number of carbonyl (C=O) groups excluding carboxylic acids is 1. The van der Waals surface area contributed by atoms with E-state index in [0.29, 0.717) is 29.4 Å². The fourth-order valence-corrected chi connectivity index (χ4v) is 2.54. The summed E-state index contributed by atoms with van der Waals surface area (Å²) in [4.78, 5) is 14.3. The van der Waals surface area contributed by atoms with Crippen LogP contribution < -0.4 is 10.5 Å². The third-order valence-corrected chi connectivity index (χ3v) is 3.97. The molecule has 1 atom stereocenters. The van der Waals surface area contributed by atoms with Gasteiger partial charge in [-0.1, -0.05) is 18.5 Å². The van der Waals surface area contributed by atoms with Gasteiger partial charge in [0.15, 0.2) is 0 Å². The number of nitrogens with two attached hydrogens (primary N) is 1. The van der Waals surface area contributed by atoms with Crippen LogP contribution in [0.15, 0.2) is 18.2 Å². The summed E-state index contributed by atoms with van der Waals surface area (Å²) in [6.45, 7) is 4.13. The lowest BCUT2D eigenvalue weighted by Crippen LogP contribution is -2.34. The molecule has 0 aromatic heterocycles. The minimum absolute atomic E-state index is 0.0225. The number of likely N-dealkylation sites (tertiary alicyclic amines) is 1. The van der Waals surface area contributed by atoms with Crippen molar-refractivity contribution >= 4 is 17.5 Å². The number of carbonyl (C=O) groups is 1. The molecule has 19 heavy (non-hydrogen) atoms. The molecule has 0 bridgehead atoms. The van der Waals surface area contributed by atoms with Gasteiger partial charge in [-0.15, -0.1) is 0 Å². The van der Waals surface area contributed by atoms with Gasteiger partial charge in [-0.05, 0) is 36.6 Å². The predicted octanol–water partition coefficient (Wildman–Crippen LogP) is 2.16. The van der Waals surface area contributed by atoms with Gasteiger partial charge in [0.05, 0.1) is 12.7 Å². The standard InChI is InChI=1S/C14H19ClN2O2/c1-14(8-16)5-6-17(9-14)13(18)11-4-3-10(15)7-12(11)19-2/h3-4,7H,5-6,8-9,16H2,1-2H3. The second kappa shape index (κ2) is 5.39. The van der Waals surface area contributed by atoms with Crippen LogP contribution in [0.2, 0.25) is 5.02 Å². The molecule has 1 aliphatic rings.